The molecule has 2 rings (SSSR count). The number of carbonyl (C=O) groups excluding carboxylic acids is 2. The van der Waals surface area contributed by atoms with Gasteiger partial charge in [0, 0.05) is 36.0 Å². The smallest absolute Gasteiger partial charge is 0.354 e. The van der Waals surface area contributed by atoms with Crippen molar-refractivity contribution in [1.82, 2.24) is 10.6 Å². The van der Waals surface area contributed by atoms with E-state index >= 15 is 0 Å². The molecule has 2 N–H and O–H groups in total. The number of hydrogen-bond acceptors (Lipinski definition) is 4. The molecule has 0 aliphatic carbocycles. The number of amides is 1. The Hall–Kier alpha value is -2.77. The van der Waals surface area contributed by atoms with Crippen molar-refractivity contribution < 1.29 is 27.5 Å². The van der Waals surface area contributed by atoms with Crippen LogP contribution in [0.25, 0.3) is 0 Å². The number of hydrogen-bond donors (Lipinski definition) is 2. The molecule has 0 aromatic heterocycles. The normalized spacial score (nSPS) is 13.6. The quantitative estimate of drug-likeness (QED) is 0.826. The van der Waals surface area contributed by atoms with Crippen molar-refractivity contribution in [2.45, 2.75) is 13.0 Å². The maximum atomic E-state index is 13.5. The molecule has 5 nitrogen and oxygen atoms in total. The van der Waals surface area contributed by atoms with Crippen molar-refractivity contribution in [2.24, 2.45) is 0 Å². The molecular weight excluding hydrogens is 313 g/mol. The minimum atomic E-state index is -1.08. The molecule has 0 bridgehead atoms. The van der Waals surface area contributed by atoms with Crippen LogP contribution < -0.4 is 10.6 Å². The van der Waals surface area contributed by atoms with Crippen molar-refractivity contribution in [1.29, 1.82) is 0 Å². The summed E-state index contributed by atoms with van der Waals surface area (Å²) in [5.41, 5.74) is 0.0233. The summed E-state index contributed by atoms with van der Waals surface area (Å²) < 4.78 is 44.2. The summed E-state index contributed by atoms with van der Waals surface area (Å²) in [7, 11) is 1.22. The zero-order valence-corrected chi connectivity index (χ0v) is 12.1. The number of carbonyl (C=O) groups is 2. The summed E-state index contributed by atoms with van der Waals surface area (Å²) >= 11 is 0. The van der Waals surface area contributed by atoms with Gasteiger partial charge in [-0.15, -0.1) is 0 Å². The highest BCUT2D eigenvalue weighted by Crippen LogP contribution is 2.15. The Morgan fingerprint density at radius 1 is 1.26 bits per heavy atom. The van der Waals surface area contributed by atoms with Crippen LogP contribution >= 0.6 is 0 Å². The Kier molecular flexibility index (Phi) is 5.05. The molecule has 0 saturated heterocycles. The minimum absolute atomic E-state index is 0.150. The average Bonchev–Trinajstić information content (AvgIpc) is 2.53. The second kappa shape index (κ2) is 6.99. The molecule has 8 heteroatoms. The number of nitrogens with one attached hydrogen (secondary N) is 2. The number of methoxy groups -OCH3 is 1. The third-order valence-electron chi connectivity index (χ3n) is 3.16. The van der Waals surface area contributed by atoms with Crippen molar-refractivity contribution in [2.75, 3.05) is 7.11 Å². The standard InChI is InChI=1S/C15H13F3N2O3/c1-23-15(22)13-3-2-8(6-19-13)14(21)20-7-10-11(17)4-9(16)5-12(10)18/h3-6,19H,2,7H2,1H3,(H,20,21). The Morgan fingerprint density at radius 3 is 2.43 bits per heavy atom. The lowest BCUT2D eigenvalue weighted by Crippen LogP contribution is -2.29. The zero-order chi connectivity index (χ0) is 17.0. The molecule has 0 spiro atoms. The Labute approximate surface area is 129 Å². The Morgan fingerprint density at radius 2 is 1.91 bits per heavy atom. The molecule has 1 heterocycles. The van der Waals surface area contributed by atoms with E-state index in [1.165, 1.54) is 19.4 Å². The lowest BCUT2D eigenvalue weighted by atomic mass is 10.1. The number of halogens is 3. The largest absolute Gasteiger partial charge is 0.464 e. The van der Waals surface area contributed by atoms with Gasteiger partial charge in [0.05, 0.1) is 7.11 Å². The molecule has 0 fully saturated rings. The van der Waals surface area contributed by atoms with E-state index in [9.17, 15) is 22.8 Å². The van der Waals surface area contributed by atoms with Crippen molar-refractivity contribution in [3.63, 3.8) is 0 Å². The highest BCUT2D eigenvalue weighted by molar-refractivity contribution is 5.95. The van der Waals surface area contributed by atoms with Crippen molar-refractivity contribution >= 4 is 11.9 Å². The highest BCUT2D eigenvalue weighted by Gasteiger charge is 2.18. The number of benzene rings is 1. The second-order valence-corrected chi connectivity index (χ2v) is 4.66. The van der Waals surface area contributed by atoms with E-state index in [0.717, 1.165) is 0 Å². The van der Waals surface area contributed by atoms with Gasteiger partial charge in [-0.25, -0.2) is 18.0 Å². The van der Waals surface area contributed by atoms with Gasteiger partial charge in [0.25, 0.3) is 0 Å². The maximum Gasteiger partial charge on any atom is 0.354 e. The topological polar surface area (TPSA) is 67.4 Å². The van der Waals surface area contributed by atoms with E-state index in [0.29, 0.717) is 12.1 Å². The van der Waals surface area contributed by atoms with Gasteiger partial charge in [-0.3, -0.25) is 4.79 Å². The molecule has 0 atom stereocenters. The van der Waals surface area contributed by atoms with Gasteiger partial charge in [0.15, 0.2) is 0 Å². The first-order valence-corrected chi connectivity index (χ1v) is 6.58. The SMILES string of the molecule is COC(=O)C1=CCC(C(=O)NCc2c(F)cc(F)cc2F)=CN1. The number of dihydropyridines is 1. The van der Waals surface area contributed by atoms with Crippen LogP contribution in [0.2, 0.25) is 0 Å². The third-order valence-corrected chi connectivity index (χ3v) is 3.16. The van der Waals surface area contributed by atoms with Crippen LogP contribution in [0.3, 0.4) is 0 Å². The second-order valence-electron chi connectivity index (χ2n) is 4.66. The van der Waals surface area contributed by atoms with E-state index in [-0.39, 0.29) is 17.7 Å². The number of ether oxygens (including phenoxy) is 1. The fourth-order valence-corrected chi connectivity index (χ4v) is 1.93. The Balaban J connectivity index is 1.97. The van der Waals surface area contributed by atoms with Gasteiger partial charge in [-0.05, 0) is 12.5 Å². The molecule has 0 saturated carbocycles. The molecule has 23 heavy (non-hydrogen) atoms. The first-order valence-electron chi connectivity index (χ1n) is 6.58. The van der Waals surface area contributed by atoms with Gasteiger partial charge in [0.1, 0.15) is 23.1 Å². The van der Waals surface area contributed by atoms with Gasteiger partial charge >= 0.3 is 5.97 Å². The molecule has 0 radical (unpaired) electrons. The summed E-state index contributed by atoms with van der Waals surface area (Å²) in [5.74, 6) is -4.33. The van der Waals surface area contributed by atoms with Crippen LogP contribution in [0.15, 0.2) is 35.7 Å². The summed E-state index contributed by atoms with van der Waals surface area (Å²) in [4.78, 5) is 23.2. The number of allylic oxidation sites excluding steroid dienone is 1. The lowest BCUT2D eigenvalue weighted by Gasteiger charge is -2.14. The molecule has 122 valence electrons. The fourth-order valence-electron chi connectivity index (χ4n) is 1.93. The highest BCUT2D eigenvalue weighted by atomic mass is 19.1. The van der Waals surface area contributed by atoms with Gasteiger partial charge in [0.2, 0.25) is 5.91 Å². The minimum Gasteiger partial charge on any atom is -0.464 e. The summed E-state index contributed by atoms with van der Waals surface area (Å²) in [6.07, 6.45) is 2.91. The van der Waals surface area contributed by atoms with E-state index in [4.69, 9.17) is 0 Å². The van der Waals surface area contributed by atoms with Gasteiger partial charge in [-0.1, -0.05) is 0 Å². The number of esters is 1. The third kappa shape index (κ3) is 3.91. The predicted molar refractivity (Wildman–Crippen MR) is 74.1 cm³/mol. The van der Waals surface area contributed by atoms with Crippen LogP contribution in [-0.2, 0) is 20.9 Å². The van der Waals surface area contributed by atoms with Crippen LogP contribution in [0.4, 0.5) is 13.2 Å². The number of rotatable bonds is 4. The van der Waals surface area contributed by atoms with Gasteiger partial charge in [-0.2, -0.15) is 0 Å². The van der Waals surface area contributed by atoms with Crippen molar-refractivity contribution in [3.8, 4) is 0 Å². The van der Waals surface area contributed by atoms with E-state index in [1.54, 1.807) is 0 Å². The van der Waals surface area contributed by atoms with E-state index < -0.39 is 41.4 Å². The Bertz CT molecular complexity index is 691. The summed E-state index contributed by atoms with van der Waals surface area (Å²) in [6, 6.07) is 1.08. The average molecular weight is 326 g/mol. The van der Waals surface area contributed by atoms with Crippen LogP contribution in [-0.4, -0.2) is 19.0 Å². The molecular formula is C15H13F3N2O3. The first-order chi connectivity index (χ1) is 10.9. The summed E-state index contributed by atoms with van der Waals surface area (Å²) in [6.45, 7) is -0.429. The monoisotopic (exact) mass is 326 g/mol. The molecule has 0 unspecified atom stereocenters. The first kappa shape index (κ1) is 16.6. The predicted octanol–water partition coefficient (Wildman–Crippen LogP) is 1.65. The van der Waals surface area contributed by atoms with Gasteiger partial charge < -0.3 is 15.4 Å². The summed E-state index contributed by atoms with van der Waals surface area (Å²) in [5, 5.41) is 4.93. The fraction of sp³-hybridized carbons (Fsp3) is 0.200. The van der Waals surface area contributed by atoms with E-state index in [1.807, 2.05) is 0 Å². The molecule has 1 amide bonds. The van der Waals surface area contributed by atoms with Crippen LogP contribution in [0.1, 0.15) is 12.0 Å². The van der Waals surface area contributed by atoms with Crippen molar-refractivity contribution in [3.05, 3.63) is 58.7 Å². The molecule has 1 aromatic rings. The molecule has 1 aliphatic heterocycles. The maximum absolute atomic E-state index is 13.5. The molecule has 1 aliphatic rings. The zero-order valence-electron chi connectivity index (χ0n) is 12.1. The van der Waals surface area contributed by atoms with Crippen LogP contribution in [0.5, 0.6) is 0 Å². The van der Waals surface area contributed by atoms with Crippen LogP contribution in [0, 0.1) is 17.5 Å². The molecule has 1 aromatic carbocycles. The van der Waals surface area contributed by atoms with E-state index in [2.05, 4.69) is 15.4 Å². The lowest BCUT2D eigenvalue weighted by molar-refractivity contribution is -0.136.